The third-order valence-corrected chi connectivity index (χ3v) is 2.21. The predicted octanol–water partition coefficient (Wildman–Crippen LogP) is 1.35. The molecule has 1 aromatic rings. The number of primary amides is 1. The van der Waals surface area contributed by atoms with Gasteiger partial charge in [0, 0.05) is 12.5 Å². The van der Waals surface area contributed by atoms with Gasteiger partial charge in [0.05, 0.1) is 13.2 Å². The summed E-state index contributed by atoms with van der Waals surface area (Å²) < 4.78 is 11.0. The van der Waals surface area contributed by atoms with Gasteiger partial charge in [0.25, 0.3) is 0 Å². The Bertz CT molecular complexity index is 426. The van der Waals surface area contributed by atoms with Gasteiger partial charge in [-0.05, 0) is 23.8 Å². The van der Waals surface area contributed by atoms with Crippen molar-refractivity contribution in [3.05, 3.63) is 29.8 Å². The number of rotatable bonds is 2. The fourth-order valence-corrected chi connectivity index (χ4v) is 1.46. The normalized spacial score (nSPS) is 14.8. The van der Waals surface area contributed by atoms with Gasteiger partial charge in [-0.25, -0.2) is 0 Å². The van der Waals surface area contributed by atoms with Crippen molar-refractivity contribution >= 4 is 12.0 Å². The first-order valence-electron chi connectivity index (χ1n) is 5.13. The monoisotopic (exact) mass is 219 g/mol. The standard InChI is InChI=1S/C12H13NO3/c13-12(14)5-3-9-2-4-10-11(8-9)16-7-1-6-15-10/h2-5,8H,1,6-7H2,(H2,13,14)/b5-3+. The van der Waals surface area contributed by atoms with Crippen molar-refractivity contribution in [2.24, 2.45) is 5.73 Å². The Morgan fingerprint density at radius 1 is 1.25 bits per heavy atom. The van der Waals surface area contributed by atoms with Crippen LogP contribution in [0.15, 0.2) is 24.3 Å². The minimum atomic E-state index is -0.466. The third kappa shape index (κ3) is 2.53. The zero-order valence-electron chi connectivity index (χ0n) is 8.81. The van der Waals surface area contributed by atoms with Crippen LogP contribution in [0.4, 0.5) is 0 Å². The molecule has 0 aliphatic carbocycles. The van der Waals surface area contributed by atoms with Crippen molar-refractivity contribution in [3.63, 3.8) is 0 Å². The molecule has 0 saturated carbocycles. The number of hydrogen-bond donors (Lipinski definition) is 1. The maximum absolute atomic E-state index is 10.6. The van der Waals surface area contributed by atoms with Gasteiger partial charge in [-0.3, -0.25) is 4.79 Å². The Morgan fingerprint density at radius 3 is 2.75 bits per heavy atom. The lowest BCUT2D eigenvalue weighted by Gasteiger charge is -2.07. The fourth-order valence-electron chi connectivity index (χ4n) is 1.46. The molecule has 0 radical (unpaired) electrons. The summed E-state index contributed by atoms with van der Waals surface area (Å²) in [5, 5.41) is 0. The lowest BCUT2D eigenvalue weighted by Crippen LogP contribution is -2.05. The highest BCUT2D eigenvalue weighted by Crippen LogP contribution is 2.30. The average molecular weight is 219 g/mol. The Kier molecular flexibility index (Phi) is 3.10. The number of fused-ring (bicyclic) bond motifs is 1. The maximum Gasteiger partial charge on any atom is 0.241 e. The summed E-state index contributed by atoms with van der Waals surface area (Å²) in [6, 6.07) is 5.52. The van der Waals surface area contributed by atoms with Gasteiger partial charge in [0.15, 0.2) is 11.5 Å². The van der Waals surface area contributed by atoms with E-state index in [4.69, 9.17) is 15.2 Å². The molecule has 0 unspecified atom stereocenters. The first-order chi connectivity index (χ1) is 7.75. The molecule has 4 heteroatoms. The second-order valence-corrected chi connectivity index (χ2v) is 3.49. The second-order valence-electron chi connectivity index (χ2n) is 3.49. The van der Waals surface area contributed by atoms with Gasteiger partial charge >= 0.3 is 0 Å². The average Bonchev–Trinajstić information content (AvgIpc) is 2.50. The van der Waals surface area contributed by atoms with Crippen molar-refractivity contribution in [1.82, 2.24) is 0 Å². The molecule has 1 amide bonds. The van der Waals surface area contributed by atoms with Crippen LogP contribution in [0.25, 0.3) is 6.08 Å². The number of carbonyl (C=O) groups is 1. The first kappa shape index (κ1) is 10.5. The van der Waals surface area contributed by atoms with E-state index in [2.05, 4.69) is 0 Å². The number of nitrogens with two attached hydrogens (primary N) is 1. The molecule has 0 spiro atoms. The molecule has 1 aliphatic heterocycles. The zero-order chi connectivity index (χ0) is 11.4. The molecule has 4 nitrogen and oxygen atoms in total. The molecule has 0 saturated heterocycles. The minimum absolute atomic E-state index is 0.466. The molecule has 1 heterocycles. The van der Waals surface area contributed by atoms with Crippen molar-refractivity contribution in [3.8, 4) is 11.5 Å². The van der Waals surface area contributed by atoms with Gasteiger partial charge in [0.1, 0.15) is 0 Å². The molecule has 1 aromatic carbocycles. The summed E-state index contributed by atoms with van der Waals surface area (Å²) in [5.74, 6) is 0.991. The van der Waals surface area contributed by atoms with Gasteiger partial charge in [-0.1, -0.05) is 6.07 Å². The lowest BCUT2D eigenvalue weighted by atomic mass is 10.2. The Hall–Kier alpha value is -1.97. The van der Waals surface area contributed by atoms with Crippen LogP contribution >= 0.6 is 0 Å². The summed E-state index contributed by atoms with van der Waals surface area (Å²) in [5.41, 5.74) is 5.89. The van der Waals surface area contributed by atoms with Gasteiger partial charge in [-0.2, -0.15) is 0 Å². The number of hydrogen-bond acceptors (Lipinski definition) is 3. The smallest absolute Gasteiger partial charge is 0.241 e. The topological polar surface area (TPSA) is 61.6 Å². The van der Waals surface area contributed by atoms with Crippen LogP contribution in [0.1, 0.15) is 12.0 Å². The van der Waals surface area contributed by atoms with Gasteiger partial charge in [-0.15, -0.1) is 0 Å². The number of benzene rings is 1. The number of amides is 1. The molecule has 16 heavy (non-hydrogen) atoms. The molecule has 0 fully saturated rings. The minimum Gasteiger partial charge on any atom is -0.490 e. The summed E-state index contributed by atoms with van der Waals surface area (Å²) in [4.78, 5) is 10.6. The van der Waals surface area contributed by atoms with Crippen molar-refractivity contribution in [2.75, 3.05) is 13.2 Å². The van der Waals surface area contributed by atoms with Crippen LogP contribution < -0.4 is 15.2 Å². The highest BCUT2D eigenvalue weighted by Gasteiger charge is 2.09. The van der Waals surface area contributed by atoms with E-state index >= 15 is 0 Å². The van der Waals surface area contributed by atoms with Gasteiger partial charge < -0.3 is 15.2 Å². The quantitative estimate of drug-likeness (QED) is 0.763. The summed E-state index contributed by atoms with van der Waals surface area (Å²) >= 11 is 0. The predicted molar refractivity (Wildman–Crippen MR) is 60.3 cm³/mol. The van der Waals surface area contributed by atoms with E-state index in [1.54, 1.807) is 6.08 Å². The van der Waals surface area contributed by atoms with E-state index in [0.717, 1.165) is 17.7 Å². The zero-order valence-corrected chi connectivity index (χ0v) is 8.81. The maximum atomic E-state index is 10.6. The summed E-state index contributed by atoms with van der Waals surface area (Å²) in [6.45, 7) is 1.32. The Balaban J connectivity index is 2.24. The molecule has 2 N–H and O–H groups in total. The molecule has 1 aliphatic rings. The molecular weight excluding hydrogens is 206 g/mol. The summed E-state index contributed by atoms with van der Waals surface area (Å²) in [7, 11) is 0. The van der Waals surface area contributed by atoms with Crippen LogP contribution in [0.5, 0.6) is 11.5 Å². The Morgan fingerprint density at radius 2 is 2.00 bits per heavy atom. The number of carbonyl (C=O) groups excluding carboxylic acids is 1. The molecule has 0 atom stereocenters. The second kappa shape index (κ2) is 4.70. The molecule has 2 rings (SSSR count). The van der Waals surface area contributed by atoms with Crippen molar-refractivity contribution in [1.29, 1.82) is 0 Å². The van der Waals surface area contributed by atoms with E-state index in [9.17, 15) is 4.79 Å². The van der Waals surface area contributed by atoms with Crippen molar-refractivity contribution < 1.29 is 14.3 Å². The van der Waals surface area contributed by atoms with E-state index in [1.807, 2.05) is 18.2 Å². The van der Waals surface area contributed by atoms with E-state index < -0.39 is 5.91 Å². The lowest BCUT2D eigenvalue weighted by molar-refractivity contribution is -0.113. The van der Waals surface area contributed by atoms with Crippen LogP contribution in [0.3, 0.4) is 0 Å². The molecule has 0 aromatic heterocycles. The largest absolute Gasteiger partial charge is 0.490 e. The van der Waals surface area contributed by atoms with Crippen molar-refractivity contribution in [2.45, 2.75) is 6.42 Å². The molecule has 84 valence electrons. The van der Waals surface area contributed by atoms with Gasteiger partial charge in [0.2, 0.25) is 5.91 Å². The fraction of sp³-hybridized carbons (Fsp3) is 0.250. The van der Waals surface area contributed by atoms with Crippen LogP contribution in [0.2, 0.25) is 0 Å². The first-order valence-corrected chi connectivity index (χ1v) is 5.13. The Labute approximate surface area is 93.7 Å². The highest BCUT2D eigenvalue weighted by atomic mass is 16.5. The van der Waals surface area contributed by atoms with Crippen LogP contribution in [0, 0.1) is 0 Å². The number of ether oxygens (including phenoxy) is 2. The molecule has 0 bridgehead atoms. The van der Waals surface area contributed by atoms with Crippen LogP contribution in [-0.2, 0) is 4.79 Å². The van der Waals surface area contributed by atoms with E-state index in [-0.39, 0.29) is 0 Å². The van der Waals surface area contributed by atoms with E-state index in [0.29, 0.717) is 19.0 Å². The SMILES string of the molecule is NC(=O)/C=C/c1ccc2c(c1)OCCCO2. The highest BCUT2D eigenvalue weighted by molar-refractivity contribution is 5.90. The molecular formula is C12H13NO3. The van der Waals surface area contributed by atoms with E-state index in [1.165, 1.54) is 6.08 Å². The summed E-state index contributed by atoms with van der Waals surface area (Å²) in [6.07, 6.45) is 3.84. The van der Waals surface area contributed by atoms with Crippen LogP contribution in [-0.4, -0.2) is 19.1 Å². The third-order valence-electron chi connectivity index (χ3n) is 2.21.